The fourth-order valence-corrected chi connectivity index (χ4v) is 1.79. The van der Waals surface area contributed by atoms with Gasteiger partial charge in [-0.25, -0.2) is 4.39 Å². The number of halogens is 2. The highest BCUT2D eigenvalue weighted by molar-refractivity contribution is 5.85. The zero-order valence-corrected chi connectivity index (χ0v) is 7.37. The molecule has 0 bridgehead atoms. The lowest BCUT2D eigenvalue weighted by Gasteiger charge is -2.26. The summed E-state index contributed by atoms with van der Waals surface area (Å²) < 4.78 is 13.1. The minimum absolute atomic E-state index is 0. The van der Waals surface area contributed by atoms with Crippen LogP contribution in [0.3, 0.4) is 0 Å². The summed E-state index contributed by atoms with van der Waals surface area (Å²) in [6.07, 6.45) is 3.75. The maximum atomic E-state index is 13.1. The molecule has 0 amide bonds. The van der Waals surface area contributed by atoms with Gasteiger partial charge in [-0.2, -0.15) is 0 Å². The predicted molar refractivity (Wildman–Crippen MR) is 45.9 cm³/mol. The van der Waals surface area contributed by atoms with E-state index in [9.17, 15) is 4.39 Å². The van der Waals surface area contributed by atoms with Crippen LogP contribution in [0.4, 0.5) is 4.39 Å². The normalized spacial score (nSPS) is 37.9. The highest BCUT2D eigenvalue weighted by atomic mass is 35.5. The second kappa shape index (κ2) is 3.72. The first kappa shape index (κ1) is 9.27. The smallest absolute Gasteiger partial charge is 0.116 e. The summed E-state index contributed by atoms with van der Waals surface area (Å²) in [7, 11) is 0. The molecule has 11 heavy (non-hydrogen) atoms. The maximum absolute atomic E-state index is 13.1. The van der Waals surface area contributed by atoms with Crippen LogP contribution in [0.15, 0.2) is 0 Å². The third-order valence-corrected chi connectivity index (χ3v) is 2.56. The summed E-state index contributed by atoms with van der Waals surface area (Å²) in [6.45, 7) is 1.03. The molecule has 1 aliphatic heterocycles. The van der Waals surface area contributed by atoms with Gasteiger partial charge in [0.1, 0.15) is 6.17 Å². The van der Waals surface area contributed by atoms with Crippen LogP contribution in [0.25, 0.3) is 0 Å². The van der Waals surface area contributed by atoms with Crippen molar-refractivity contribution in [1.29, 1.82) is 0 Å². The molecule has 1 heterocycles. The van der Waals surface area contributed by atoms with Crippen molar-refractivity contribution in [2.24, 2.45) is 5.92 Å². The summed E-state index contributed by atoms with van der Waals surface area (Å²) in [6, 6.07) is 0.216. The zero-order valence-electron chi connectivity index (χ0n) is 6.55. The van der Waals surface area contributed by atoms with Crippen LogP contribution >= 0.6 is 12.4 Å². The highest BCUT2D eigenvalue weighted by Gasteiger charge is 2.37. The Bertz CT molecular complexity index is 127. The molecule has 1 saturated carbocycles. The van der Waals surface area contributed by atoms with Gasteiger partial charge in [0.15, 0.2) is 0 Å². The Morgan fingerprint density at radius 1 is 1.18 bits per heavy atom. The van der Waals surface area contributed by atoms with Gasteiger partial charge in [-0.15, -0.1) is 12.4 Å². The van der Waals surface area contributed by atoms with E-state index in [2.05, 4.69) is 5.32 Å². The number of hydrogen-bond donors (Lipinski definition) is 1. The van der Waals surface area contributed by atoms with E-state index in [1.165, 1.54) is 12.8 Å². The Morgan fingerprint density at radius 3 is 2.45 bits per heavy atom. The Morgan fingerprint density at radius 2 is 1.91 bits per heavy atom. The van der Waals surface area contributed by atoms with Gasteiger partial charge in [0.2, 0.25) is 0 Å². The maximum Gasteiger partial charge on any atom is 0.116 e. The van der Waals surface area contributed by atoms with E-state index < -0.39 is 6.17 Å². The van der Waals surface area contributed by atoms with Crippen molar-refractivity contribution in [3.63, 3.8) is 0 Å². The van der Waals surface area contributed by atoms with Crippen LogP contribution < -0.4 is 5.32 Å². The Hall–Kier alpha value is 0.180. The molecular weight excluding hydrogens is 165 g/mol. The molecule has 0 aromatic rings. The summed E-state index contributed by atoms with van der Waals surface area (Å²) in [5, 5.41) is 3.26. The summed E-state index contributed by atoms with van der Waals surface area (Å²) in [4.78, 5) is 0. The van der Waals surface area contributed by atoms with E-state index in [4.69, 9.17) is 0 Å². The Kier molecular flexibility index (Phi) is 3.14. The van der Waals surface area contributed by atoms with Gasteiger partial charge in [-0.1, -0.05) is 0 Å². The van der Waals surface area contributed by atoms with E-state index in [1.807, 2.05) is 0 Å². The topological polar surface area (TPSA) is 12.0 Å². The fourth-order valence-electron chi connectivity index (χ4n) is 1.79. The predicted octanol–water partition coefficient (Wildman–Crippen LogP) is 1.91. The average molecular weight is 180 g/mol. The number of hydrogen-bond acceptors (Lipinski definition) is 1. The molecule has 1 N–H and O–H groups in total. The van der Waals surface area contributed by atoms with Crippen LogP contribution in [-0.4, -0.2) is 18.8 Å². The van der Waals surface area contributed by atoms with Gasteiger partial charge in [0.25, 0.3) is 0 Å². The Labute approximate surface area is 73.2 Å². The molecule has 2 unspecified atom stereocenters. The van der Waals surface area contributed by atoms with Gasteiger partial charge >= 0.3 is 0 Å². The minimum atomic E-state index is -0.554. The summed E-state index contributed by atoms with van der Waals surface area (Å²) in [5.74, 6) is 0.676. The van der Waals surface area contributed by atoms with Crippen molar-refractivity contribution in [3.8, 4) is 0 Å². The van der Waals surface area contributed by atoms with Gasteiger partial charge < -0.3 is 5.32 Å². The van der Waals surface area contributed by atoms with E-state index in [1.54, 1.807) is 0 Å². The molecule has 2 fully saturated rings. The molecule has 1 saturated heterocycles. The lowest BCUT2D eigenvalue weighted by molar-refractivity contribution is 0.184. The van der Waals surface area contributed by atoms with Crippen LogP contribution in [0, 0.1) is 5.92 Å². The van der Waals surface area contributed by atoms with Crippen molar-refractivity contribution >= 4 is 12.4 Å². The SMILES string of the molecule is Cl.FC1CCCNC1C1CC1. The first-order chi connectivity index (χ1) is 4.88. The van der Waals surface area contributed by atoms with Crippen molar-refractivity contribution in [2.75, 3.05) is 6.54 Å². The number of rotatable bonds is 1. The quantitative estimate of drug-likeness (QED) is 0.649. The second-order valence-corrected chi connectivity index (χ2v) is 3.48. The first-order valence-corrected chi connectivity index (χ1v) is 4.25. The lowest BCUT2D eigenvalue weighted by Crippen LogP contribution is -2.44. The van der Waals surface area contributed by atoms with Crippen LogP contribution in [0.5, 0.6) is 0 Å². The van der Waals surface area contributed by atoms with E-state index in [0.717, 1.165) is 19.4 Å². The molecule has 0 radical (unpaired) electrons. The van der Waals surface area contributed by atoms with Crippen molar-refractivity contribution in [2.45, 2.75) is 37.9 Å². The zero-order chi connectivity index (χ0) is 6.97. The molecule has 2 rings (SSSR count). The Balaban J connectivity index is 0.000000605. The summed E-state index contributed by atoms with van der Waals surface area (Å²) in [5.41, 5.74) is 0. The monoisotopic (exact) mass is 179 g/mol. The third-order valence-electron chi connectivity index (χ3n) is 2.56. The molecule has 1 nitrogen and oxygen atoms in total. The molecular formula is C8H15ClFN. The van der Waals surface area contributed by atoms with Crippen LogP contribution in [0.1, 0.15) is 25.7 Å². The van der Waals surface area contributed by atoms with E-state index in [0.29, 0.717) is 5.92 Å². The molecule has 2 aliphatic rings. The van der Waals surface area contributed by atoms with Gasteiger partial charge in [0, 0.05) is 6.04 Å². The van der Waals surface area contributed by atoms with Gasteiger partial charge in [-0.3, -0.25) is 0 Å². The molecule has 3 heteroatoms. The third kappa shape index (κ3) is 2.06. The highest BCUT2D eigenvalue weighted by Crippen LogP contribution is 2.36. The fraction of sp³-hybridized carbons (Fsp3) is 1.00. The molecule has 0 aromatic heterocycles. The molecule has 0 aromatic carbocycles. The number of piperidine rings is 1. The van der Waals surface area contributed by atoms with Crippen molar-refractivity contribution < 1.29 is 4.39 Å². The first-order valence-electron chi connectivity index (χ1n) is 4.25. The largest absolute Gasteiger partial charge is 0.311 e. The van der Waals surface area contributed by atoms with Gasteiger partial charge in [-0.05, 0) is 38.1 Å². The van der Waals surface area contributed by atoms with Crippen molar-refractivity contribution in [3.05, 3.63) is 0 Å². The molecule has 66 valence electrons. The minimum Gasteiger partial charge on any atom is -0.311 e. The summed E-state index contributed by atoms with van der Waals surface area (Å²) >= 11 is 0. The van der Waals surface area contributed by atoms with Crippen LogP contribution in [-0.2, 0) is 0 Å². The van der Waals surface area contributed by atoms with E-state index >= 15 is 0 Å². The average Bonchev–Trinajstić information content (AvgIpc) is 2.71. The van der Waals surface area contributed by atoms with E-state index in [-0.39, 0.29) is 18.4 Å². The number of nitrogens with one attached hydrogen (secondary N) is 1. The van der Waals surface area contributed by atoms with Crippen molar-refractivity contribution in [1.82, 2.24) is 5.32 Å². The lowest BCUT2D eigenvalue weighted by atomic mass is 9.99. The van der Waals surface area contributed by atoms with Crippen LogP contribution in [0.2, 0.25) is 0 Å². The van der Waals surface area contributed by atoms with Gasteiger partial charge in [0.05, 0.1) is 0 Å². The number of alkyl halides is 1. The molecule has 1 aliphatic carbocycles. The second-order valence-electron chi connectivity index (χ2n) is 3.48. The molecule has 2 atom stereocenters. The molecule has 0 spiro atoms. The standard InChI is InChI=1S/C8H14FN.ClH/c9-7-2-1-5-10-8(7)6-3-4-6;/h6-8,10H,1-5H2;1H.